The number of Topliss-reactive ketones (excluding diaryl/α,β-unsaturated/α-hetero) is 1. The molecule has 5 amide bonds. The molecule has 1 aromatic rings. The molecule has 1 heterocycles. The molecule has 5 N–H and O–H groups in total. The van der Waals surface area contributed by atoms with Gasteiger partial charge in [-0.15, -0.1) is 4.91 Å². The van der Waals surface area contributed by atoms with E-state index in [0.29, 0.717) is 30.9 Å². The molecule has 0 radical (unpaired) electrons. The van der Waals surface area contributed by atoms with Crippen molar-refractivity contribution in [3.63, 3.8) is 0 Å². The first-order chi connectivity index (χ1) is 19.6. The molecule has 0 bridgehead atoms. The van der Waals surface area contributed by atoms with E-state index >= 15 is 0 Å². The van der Waals surface area contributed by atoms with Crippen LogP contribution in [-0.2, 0) is 25.6 Å². The molecular formula is C30H46N6O6. The number of primary amides is 1. The maximum atomic E-state index is 13.1. The first-order valence-corrected chi connectivity index (χ1v) is 14.4. The summed E-state index contributed by atoms with van der Waals surface area (Å²) in [6, 6.07) is 5.54. The van der Waals surface area contributed by atoms with Gasteiger partial charge in [0, 0.05) is 18.1 Å². The molecule has 12 nitrogen and oxygen atoms in total. The fourth-order valence-corrected chi connectivity index (χ4v) is 5.01. The average Bonchev–Trinajstić information content (AvgIpc) is 3.62. The third-order valence-electron chi connectivity index (χ3n) is 7.49. The number of amides is 5. The highest BCUT2D eigenvalue weighted by atomic mass is 16.3. The van der Waals surface area contributed by atoms with E-state index in [0.717, 1.165) is 37.8 Å². The Kier molecular flexibility index (Phi) is 12.2. The van der Waals surface area contributed by atoms with Gasteiger partial charge < -0.3 is 26.6 Å². The van der Waals surface area contributed by atoms with E-state index < -0.39 is 40.8 Å². The molecule has 1 saturated carbocycles. The Morgan fingerprint density at radius 1 is 1.10 bits per heavy atom. The smallest absolute Gasteiger partial charge is 0.315 e. The van der Waals surface area contributed by atoms with Gasteiger partial charge in [0.2, 0.25) is 18.1 Å². The summed E-state index contributed by atoms with van der Waals surface area (Å²) in [6.07, 6.45) is 5.50. The number of carbonyl (C=O) groups excluding carboxylic acids is 5. The molecule has 1 saturated heterocycles. The zero-order valence-corrected chi connectivity index (χ0v) is 25.6. The fraction of sp³-hybridized carbons (Fsp3) is 0.633. The van der Waals surface area contributed by atoms with Crippen molar-refractivity contribution in [2.24, 2.45) is 22.2 Å². The van der Waals surface area contributed by atoms with Gasteiger partial charge in [-0.1, -0.05) is 51.8 Å². The SMILES string of the molecule is CC1CCCN1C(=O)C(NC(=O)NC(C)(C)Cc1ccccc1N=O)C(C)(C)C.NC(=O)C(=O)C(CC1CC1)NC=O. The Morgan fingerprint density at radius 2 is 1.74 bits per heavy atom. The van der Waals surface area contributed by atoms with Crippen LogP contribution >= 0.6 is 0 Å². The van der Waals surface area contributed by atoms with Crippen LogP contribution in [0.2, 0.25) is 0 Å². The third-order valence-corrected chi connectivity index (χ3v) is 7.49. The Bertz CT molecular complexity index is 1140. The lowest BCUT2D eigenvalue weighted by Gasteiger charge is -2.36. The molecule has 3 atom stereocenters. The van der Waals surface area contributed by atoms with E-state index in [-0.39, 0.29) is 11.9 Å². The van der Waals surface area contributed by atoms with E-state index in [9.17, 15) is 28.9 Å². The van der Waals surface area contributed by atoms with Gasteiger partial charge in [-0.25, -0.2) is 4.79 Å². The van der Waals surface area contributed by atoms with Gasteiger partial charge in [-0.05, 0) is 74.6 Å². The van der Waals surface area contributed by atoms with E-state index in [4.69, 9.17) is 5.73 Å². The van der Waals surface area contributed by atoms with E-state index in [1.54, 1.807) is 12.1 Å². The normalized spacial score (nSPS) is 18.0. The number of urea groups is 1. The molecule has 3 rings (SSSR count). The van der Waals surface area contributed by atoms with Crippen LogP contribution in [0.1, 0.15) is 79.2 Å². The molecule has 0 aromatic heterocycles. The predicted octanol–water partition coefficient (Wildman–Crippen LogP) is 3.09. The summed E-state index contributed by atoms with van der Waals surface area (Å²) in [6.45, 7) is 12.4. The standard InChI is InChI=1S/C22H34N4O3.C8H12N2O3/c1-15-10-9-13-26(15)19(27)18(21(2,3)4)23-20(28)24-22(5,6)14-16-11-7-8-12-17(16)25-29;9-8(13)7(12)6(10-4-11)3-5-1-2-5/h7-8,11-12,15,18H,9-10,13-14H2,1-6H3,(H2,23,24,28);4-6H,1-3H2,(H2,9,13)(H,10,11). The summed E-state index contributed by atoms with van der Waals surface area (Å²) in [5, 5.41) is 11.2. The fourth-order valence-electron chi connectivity index (χ4n) is 5.01. The molecule has 12 heteroatoms. The van der Waals surface area contributed by atoms with Crippen molar-refractivity contribution in [2.75, 3.05) is 6.54 Å². The second-order valence-electron chi connectivity index (χ2n) is 12.9. The monoisotopic (exact) mass is 586 g/mol. The van der Waals surface area contributed by atoms with Gasteiger partial charge in [-0.2, -0.15) is 0 Å². The van der Waals surface area contributed by atoms with Crippen LogP contribution in [0.4, 0.5) is 10.5 Å². The van der Waals surface area contributed by atoms with Gasteiger partial charge in [0.25, 0.3) is 5.91 Å². The largest absolute Gasteiger partial charge is 0.363 e. The lowest BCUT2D eigenvalue weighted by molar-refractivity contribution is -0.137. The molecule has 1 aliphatic carbocycles. The zero-order valence-electron chi connectivity index (χ0n) is 25.6. The predicted molar refractivity (Wildman–Crippen MR) is 160 cm³/mol. The van der Waals surface area contributed by atoms with Gasteiger partial charge in [0.05, 0.1) is 6.04 Å². The van der Waals surface area contributed by atoms with Crippen molar-refractivity contribution in [1.29, 1.82) is 0 Å². The van der Waals surface area contributed by atoms with Crippen LogP contribution in [0.5, 0.6) is 0 Å². The number of benzene rings is 1. The second-order valence-corrected chi connectivity index (χ2v) is 12.9. The van der Waals surface area contributed by atoms with Crippen LogP contribution < -0.4 is 21.7 Å². The van der Waals surface area contributed by atoms with Crippen molar-refractivity contribution >= 4 is 35.7 Å². The lowest BCUT2D eigenvalue weighted by Crippen LogP contribution is -2.59. The van der Waals surface area contributed by atoms with Crippen LogP contribution in [0, 0.1) is 16.2 Å². The number of hydrogen-bond acceptors (Lipinski definition) is 7. The first-order valence-electron chi connectivity index (χ1n) is 14.4. The number of nitrogens with two attached hydrogens (primary N) is 1. The molecule has 2 aliphatic rings. The van der Waals surface area contributed by atoms with Gasteiger partial charge in [0.15, 0.2) is 0 Å². The molecule has 1 aliphatic heterocycles. The summed E-state index contributed by atoms with van der Waals surface area (Å²) >= 11 is 0. The lowest BCUT2D eigenvalue weighted by atomic mass is 9.85. The van der Waals surface area contributed by atoms with Gasteiger partial charge in [0.1, 0.15) is 11.7 Å². The Labute approximate surface area is 247 Å². The highest BCUT2D eigenvalue weighted by molar-refractivity contribution is 6.37. The Hall–Kier alpha value is -3.83. The highest BCUT2D eigenvalue weighted by Crippen LogP contribution is 2.33. The zero-order chi connectivity index (χ0) is 31.7. The van der Waals surface area contributed by atoms with Crippen LogP contribution in [0.25, 0.3) is 0 Å². The molecule has 42 heavy (non-hydrogen) atoms. The number of carbonyl (C=O) groups is 5. The molecule has 2 fully saturated rings. The minimum Gasteiger partial charge on any atom is -0.363 e. The van der Waals surface area contributed by atoms with Crippen LogP contribution in [0.15, 0.2) is 29.4 Å². The summed E-state index contributed by atoms with van der Waals surface area (Å²) in [4.78, 5) is 70.6. The van der Waals surface area contributed by atoms with Crippen molar-refractivity contribution in [2.45, 2.75) is 104 Å². The minimum absolute atomic E-state index is 0.0362. The summed E-state index contributed by atoms with van der Waals surface area (Å²) in [5.41, 5.74) is 4.90. The molecular weight excluding hydrogens is 540 g/mol. The number of rotatable bonds is 12. The Balaban J connectivity index is 0.000000395. The Morgan fingerprint density at radius 3 is 2.24 bits per heavy atom. The van der Waals surface area contributed by atoms with Gasteiger partial charge in [-0.3, -0.25) is 19.2 Å². The van der Waals surface area contributed by atoms with E-state index in [1.165, 1.54) is 0 Å². The number of nitroso groups, excluding NO2 is 1. The van der Waals surface area contributed by atoms with E-state index in [2.05, 4.69) is 21.1 Å². The molecule has 232 valence electrons. The van der Waals surface area contributed by atoms with Gasteiger partial charge >= 0.3 is 6.03 Å². The number of nitrogens with one attached hydrogen (secondary N) is 3. The number of nitrogens with zero attached hydrogens (tertiary/aromatic N) is 2. The first kappa shape index (κ1) is 34.4. The molecule has 3 unspecified atom stereocenters. The molecule has 1 aromatic carbocycles. The van der Waals surface area contributed by atoms with Crippen molar-refractivity contribution in [3.8, 4) is 0 Å². The minimum atomic E-state index is -0.986. The van der Waals surface area contributed by atoms with Crippen molar-refractivity contribution in [3.05, 3.63) is 34.7 Å². The van der Waals surface area contributed by atoms with E-state index in [1.807, 2.05) is 58.6 Å². The summed E-state index contributed by atoms with van der Waals surface area (Å²) in [5.74, 6) is -1.27. The number of likely N-dealkylation sites (tertiary alicyclic amines) is 1. The average molecular weight is 587 g/mol. The van der Waals surface area contributed by atoms with Crippen molar-refractivity contribution in [1.82, 2.24) is 20.9 Å². The van der Waals surface area contributed by atoms with Crippen molar-refractivity contribution < 1.29 is 24.0 Å². The highest BCUT2D eigenvalue weighted by Gasteiger charge is 2.39. The second kappa shape index (κ2) is 14.9. The quantitative estimate of drug-likeness (QED) is 0.166. The van der Waals surface area contributed by atoms with Crippen LogP contribution in [0.3, 0.4) is 0 Å². The number of ketones is 1. The maximum Gasteiger partial charge on any atom is 0.315 e. The number of hydrogen-bond donors (Lipinski definition) is 4. The third kappa shape index (κ3) is 10.5. The summed E-state index contributed by atoms with van der Waals surface area (Å²) < 4.78 is 0. The summed E-state index contributed by atoms with van der Waals surface area (Å²) in [7, 11) is 0. The topological polar surface area (TPSA) is 180 Å². The maximum absolute atomic E-state index is 13.1. The van der Waals surface area contributed by atoms with Crippen LogP contribution in [-0.4, -0.2) is 65.1 Å². The molecule has 0 spiro atoms.